The third kappa shape index (κ3) is 4.09. The summed E-state index contributed by atoms with van der Waals surface area (Å²) in [6, 6.07) is 45.6. The molecule has 2 unspecified atom stereocenters. The zero-order chi connectivity index (χ0) is 30.6. The molecule has 5 aromatic carbocycles. The third-order valence-corrected chi connectivity index (χ3v) is 9.68. The predicted molar refractivity (Wildman–Crippen MR) is 191 cm³/mol. The van der Waals surface area contributed by atoms with Gasteiger partial charge in [-0.25, -0.2) is 0 Å². The summed E-state index contributed by atoms with van der Waals surface area (Å²) in [5, 5.41) is 15.4. The minimum atomic E-state index is 0.000289. The van der Waals surface area contributed by atoms with E-state index in [1.54, 1.807) is 0 Å². The molecule has 46 heavy (non-hydrogen) atoms. The quantitative estimate of drug-likeness (QED) is 0.201. The molecule has 7 aromatic rings. The van der Waals surface area contributed by atoms with Crippen molar-refractivity contribution in [2.75, 3.05) is 0 Å². The van der Waals surface area contributed by atoms with Gasteiger partial charge in [-0.05, 0) is 54.8 Å². The number of benzene rings is 5. The molecule has 2 aliphatic rings. The van der Waals surface area contributed by atoms with Crippen LogP contribution in [0.1, 0.15) is 35.9 Å². The van der Waals surface area contributed by atoms with Gasteiger partial charge >= 0.3 is 0 Å². The predicted octanol–water partition coefficient (Wildman–Crippen LogP) is 10.4. The summed E-state index contributed by atoms with van der Waals surface area (Å²) < 4.78 is 4.72. The molecule has 0 bridgehead atoms. The number of hydrogen-bond donors (Lipinski definition) is 0. The van der Waals surface area contributed by atoms with E-state index >= 15 is 0 Å². The lowest BCUT2D eigenvalue weighted by Gasteiger charge is -2.23. The fraction of sp³-hybridized carbons (Fsp3) is 0.0952. The Hall–Kier alpha value is -5.92. The van der Waals surface area contributed by atoms with E-state index < -0.39 is 0 Å². The summed E-state index contributed by atoms with van der Waals surface area (Å²) in [6.07, 6.45) is 10.3. The van der Waals surface area contributed by atoms with E-state index in [1.807, 2.05) is 0 Å². The van der Waals surface area contributed by atoms with Crippen LogP contribution in [-0.2, 0) is 0 Å². The van der Waals surface area contributed by atoms with Crippen LogP contribution in [0.3, 0.4) is 0 Å². The molecule has 0 spiro atoms. The molecule has 4 nitrogen and oxygen atoms in total. The molecule has 1 aliphatic heterocycles. The number of aromatic nitrogens is 2. The molecule has 1 aliphatic carbocycles. The van der Waals surface area contributed by atoms with E-state index in [2.05, 4.69) is 161 Å². The van der Waals surface area contributed by atoms with Crippen LogP contribution in [0.25, 0.3) is 55.0 Å². The maximum absolute atomic E-state index is 10.4. The molecule has 0 amide bonds. The number of hydrogen-bond acceptors (Lipinski definition) is 2. The smallest absolute Gasteiger partial charge is 0.0954 e. The molecule has 0 N–H and O–H groups in total. The molecule has 4 heteroatoms. The lowest BCUT2D eigenvalue weighted by molar-refractivity contribution is 0.697. The van der Waals surface area contributed by atoms with Crippen molar-refractivity contribution in [3.8, 4) is 6.07 Å². The SMILES string of the molecule is N#CC1=CC(n2c3ccccc3c3ccccc32)=CCC1c1cccc(C2=CCC(n3c4ccccc4c4ccccc43)C=N2)c1. The van der Waals surface area contributed by atoms with Gasteiger partial charge in [0.15, 0.2) is 0 Å². The van der Waals surface area contributed by atoms with Crippen LogP contribution in [0.2, 0.25) is 0 Å². The number of rotatable bonds is 4. The van der Waals surface area contributed by atoms with Crippen LogP contribution in [-0.4, -0.2) is 15.3 Å². The minimum Gasteiger partial charge on any atom is -0.332 e. The molecule has 0 fully saturated rings. The fourth-order valence-corrected chi connectivity index (χ4v) is 7.57. The van der Waals surface area contributed by atoms with Crippen LogP contribution in [0, 0.1) is 11.3 Å². The van der Waals surface area contributed by atoms with Crippen LogP contribution >= 0.6 is 0 Å². The number of para-hydroxylation sites is 4. The summed E-state index contributed by atoms with van der Waals surface area (Å²) in [5.41, 5.74) is 9.84. The van der Waals surface area contributed by atoms with E-state index in [-0.39, 0.29) is 12.0 Å². The van der Waals surface area contributed by atoms with Crippen molar-refractivity contribution in [2.45, 2.75) is 24.8 Å². The van der Waals surface area contributed by atoms with Crippen molar-refractivity contribution >= 4 is 61.2 Å². The lowest BCUT2D eigenvalue weighted by atomic mass is 9.84. The summed E-state index contributed by atoms with van der Waals surface area (Å²) >= 11 is 0. The molecule has 218 valence electrons. The summed E-state index contributed by atoms with van der Waals surface area (Å²) in [5.74, 6) is 0.000289. The van der Waals surface area contributed by atoms with Gasteiger partial charge in [0, 0.05) is 61.5 Å². The van der Waals surface area contributed by atoms with Crippen molar-refractivity contribution in [3.63, 3.8) is 0 Å². The van der Waals surface area contributed by atoms with Crippen molar-refractivity contribution in [1.29, 1.82) is 5.26 Å². The van der Waals surface area contributed by atoms with Crippen molar-refractivity contribution < 1.29 is 0 Å². The summed E-state index contributed by atoms with van der Waals surface area (Å²) in [6.45, 7) is 0. The van der Waals surface area contributed by atoms with Crippen molar-refractivity contribution in [1.82, 2.24) is 9.13 Å². The first-order chi connectivity index (χ1) is 22.8. The average molecular weight is 591 g/mol. The van der Waals surface area contributed by atoms with Crippen molar-refractivity contribution in [3.05, 3.63) is 156 Å². The Morgan fingerprint density at radius 3 is 1.80 bits per heavy atom. The Bertz CT molecular complexity index is 2400. The van der Waals surface area contributed by atoms with Gasteiger partial charge in [0.2, 0.25) is 0 Å². The van der Waals surface area contributed by atoms with Crippen LogP contribution in [0.15, 0.2) is 150 Å². The Morgan fingerprint density at radius 2 is 1.22 bits per heavy atom. The van der Waals surface area contributed by atoms with Gasteiger partial charge in [-0.3, -0.25) is 4.99 Å². The molecule has 0 saturated carbocycles. The standard InChI is InChI=1S/C42H30N4/c43-26-30-25-31(45-39-16-5-1-12-34(39)35-13-2-6-17-40(35)45)20-22-33(30)28-10-9-11-29(24-28)38-23-21-32(27-44-38)46-41-18-7-3-14-36(41)37-15-4-8-19-42(37)46/h1-20,23-25,27,32-33H,21-22H2. The maximum atomic E-state index is 10.4. The molecule has 2 aromatic heterocycles. The highest BCUT2D eigenvalue weighted by atomic mass is 15.0. The van der Waals surface area contributed by atoms with E-state index in [9.17, 15) is 5.26 Å². The van der Waals surface area contributed by atoms with E-state index in [0.717, 1.165) is 52.0 Å². The highest BCUT2D eigenvalue weighted by molar-refractivity contribution is 6.11. The molecule has 0 saturated heterocycles. The van der Waals surface area contributed by atoms with E-state index in [0.29, 0.717) is 0 Å². The van der Waals surface area contributed by atoms with Gasteiger partial charge in [0.25, 0.3) is 0 Å². The third-order valence-electron chi connectivity index (χ3n) is 9.68. The number of nitriles is 1. The molecule has 2 atom stereocenters. The second kappa shape index (κ2) is 10.6. The Kier molecular flexibility index (Phi) is 6.11. The van der Waals surface area contributed by atoms with Gasteiger partial charge in [0.05, 0.1) is 28.8 Å². The second-order valence-electron chi connectivity index (χ2n) is 12.2. The molecular formula is C42H30N4. The molecule has 3 heterocycles. The maximum Gasteiger partial charge on any atom is 0.0954 e. The number of fused-ring (bicyclic) bond motifs is 6. The highest BCUT2D eigenvalue weighted by Gasteiger charge is 2.24. The molecule has 0 radical (unpaired) electrons. The zero-order valence-electron chi connectivity index (χ0n) is 25.2. The van der Waals surface area contributed by atoms with Crippen LogP contribution < -0.4 is 0 Å². The number of nitrogens with zero attached hydrogens (tertiary/aromatic N) is 4. The molecule has 9 rings (SSSR count). The average Bonchev–Trinajstić information content (AvgIpc) is 3.65. The van der Waals surface area contributed by atoms with Gasteiger partial charge in [-0.15, -0.1) is 0 Å². The highest BCUT2D eigenvalue weighted by Crippen LogP contribution is 2.40. The van der Waals surface area contributed by atoms with Gasteiger partial charge in [-0.2, -0.15) is 5.26 Å². The lowest BCUT2D eigenvalue weighted by Crippen LogP contribution is -2.12. The minimum absolute atomic E-state index is 0.000289. The monoisotopic (exact) mass is 590 g/mol. The zero-order valence-corrected chi connectivity index (χ0v) is 25.2. The van der Waals surface area contributed by atoms with Gasteiger partial charge < -0.3 is 9.13 Å². The van der Waals surface area contributed by atoms with Gasteiger partial charge in [0.1, 0.15) is 0 Å². The number of aliphatic imine (C=N–C) groups is 1. The second-order valence-corrected chi connectivity index (χ2v) is 12.2. The number of allylic oxidation sites excluding steroid dienone is 5. The van der Waals surface area contributed by atoms with Crippen LogP contribution in [0.5, 0.6) is 0 Å². The molecular weight excluding hydrogens is 560 g/mol. The van der Waals surface area contributed by atoms with Gasteiger partial charge in [-0.1, -0.05) is 103 Å². The van der Waals surface area contributed by atoms with Crippen molar-refractivity contribution in [2.24, 2.45) is 4.99 Å². The Labute approximate surface area is 267 Å². The van der Waals surface area contributed by atoms with E-state index in [4.69, 9.17) is 4.99 Å². The Balaban J connectivity index is 1.02. The fourth-order valence-electron chi connectivity index (χ4n) is 7.57. The van der Waals surface area contributed by atoms with Crippen LogP contribution in [0.4, 0.5) is 0 Å². The summed E-state index contributed by atoms with van der Waals surface area (Å²) in [4.78, 5) is 5.00. The topological polar surface area (TPSA) is 46.0 Å². The largest absolute Gasteiger partial charge is 0.332 e. The summed E-state index contributed by atoms with van der Waals surface area (Å²) in [7, 11) is 0. The first-order valence-corrected chi connectivity index (χ1v) is 15.9. The normalized spacial score (nSPS) is 18.1. The first-order valence-electron chi connectivity index (χ1n) is 15.9. The van der Waals surface area contributed by atoms with E-state index in [1.165, 1.54) is 32.6 Å². The first kappa shape index (κ1) is 26.5. The Morgan fingerprint density at radius 1 is 0.630 bits per heavy atom.